The molecule has 8 nitrogen and oxygen atoms in total. The predicted octanol–water partition coefficient (Wildman–Crippen LogP) is 3.00. The van der Waals surface area contributed by atoms with Gasteiger partial charge < -0.3 is 19.3 Å². The molecule has 3 aliphatic rings. The zero-order valence-electron chi connectivity index (χ0n) is 21.3. The number of Topliss-reactive ketones (excluding diaryl/α,β-unsaturated/α-hetero) is 1. The van der Waals surface area contributed by atoms with E-state index in [-0.39, 0.29) is 12.2 Å². The van der Waals surface area contributed by atoms with E-state index in [0.29, 0.717) is 18.4 Å². The third-order valence-corrected chi connectivity index (χ3v) is 8.70. The van der Waals surface area contributed by atoms with Gasteiger partial charge in [0.1, 0.15) is 24.1 Å². The predicted molar refractivity (Wildman–Crippen MR) is 122 cm³/mol. The molecule has 1 N–H and O–H groups in total. The maximum Gasteiger partial charge on any atom is 0.303 e. The molecule has 0 radical (unpaired) electrons. The Morgan fingerprint density at radius 1 is 0.971 bits per heavy atom. The summed E-state index contributed by atoms with van der Waals surface area (Å²) in [4.78, 5) is 50.3. The van der Waals surface area contributed by atoms with Gasteiger partial charge in [0.2, 0.25) is 0 Å². The number of carbonyl (C=O) groups excluding carboxylic acids is 4. The number of rotatable bonds is 3. The van der Waals surface area contributed by atoms with Gasteiger partial charge in [-0.1, -0.05) is 34.3 Å². The zero-order valence-corrected chi connectivity index (χ0v) is 21.3. The first-order valence-corrected chi connectivity index (χ1v) is 12.0. The number of hydrogen-bond acceptors (Lipinski definition) is 8. The van der Waals surface area contributed by atoms with Crippen molar-refractivity contribution in [2.75, 3.05) is 0 Å². The molecule has 0 spiro atoms. The van der Waals surface area contributed by atoms with Crippen LogP contribution in [0.2, 0.25) is 0 Å². The van der Waals surface area contributed by atoms with Crippen molar-refractivity contribution in [1.82, 2.24) is 0 Å². The highest BCUT2D eigenvalue weighted by molar-refractivity contribution is 5.83. The molecule has 0 saturated heterocycles. The minimum atomic E-state index is -0.931. The van der Waals surface area contributed by atoms with E-state index in [1.54, 1.807) is 0 Å². The van der Waals surface area contributed by atoms with E-state index in [0.717, 1.165) is 0 Å². The van der Waals surface area contributed by atoms with Crippen molar-refractivity contribution in [2.24, 2.45) is 34.5 Å². The minimum Gasteiger partial charge on any atom is -0.462 e. The number of aliphatic hydroxyl groups is 1. The van der Waals surface area contributed by atoms with Crippen LogP contribution in [0.1, 0.15) is 67.7 Å². The van der Waals surface area contributed by atoms with Crippen LogP contribution in [0.3, 0.4) is 0 Å². The average molecular weight is 479 g/mol. The zero-order chi connectivity index (χ0) is 25.7. The van der Waals surface area contributed by atoms with Crippen LogP contribution in [0.25, 0.3) is 0 Å². The summed E-state index contributed by atoms with van der Waals surface area (Å²) in [7, 11) is 0. The van der Waals surface area contributed by atoms with Gasteiger partial charge in [-0.3, -0.25) is 19.2 Å². The number of carbonyl (C=O) groups is 4. The van der Waals surface area contributed by atoms with Gasteiger partial charge in [-0.2, -0.15) is 0 Å². The molecule has 9 atom stereocenters. The Morgan fingerprint density at radius 3 is 2.03 bits per heavy atom. The molecule has 0 aliphatic heterocycles. The summed E-state index contributed by atoms with van der Waals surface area (Å²) in [5.74, 6) is -3.59. The number of esters is 3. The van der Waals surface area contributed by atoms with E-state index in [4.69, 9.17) is 14.2 Å². The number of fused-ring (bicyclic) bond motifs is 3. The van der Waals surface area contributed by atoms with Gasteiger partial charge in [-0.05, 0) is 23.8 Å². The molecule has 3 fully saturated rings. The summed E-state index contributed by atoms with van der Waals surface area (Å²) in [5, 5.41) is 10.8. The van der Waals surface area contributed by atoms with Gasteiger partial charge in [0.15, 0.2) is 0 Å². The Morgan fingerprint density at radius 2 is 1.50 bits per heavy atom. The quantitative estimate of drug-likeness (QED) is 0.374. The second kappa shape index (κ2) is 9.10. The van der Waals surface area contributed by atoms with Crippen molar-refractivity contribution < 1.29 is 38.5 Å². The van der Waals surface area contributed by atoms with Gasteiger partial charge in [0.25, 0.3) is 0 Å². The Balaban J connectivity index is 2.36. The van der Waals surface area contributed by atoms with Crippen LogP contribution in [0.15, 0.2) is 12.2 Å². The monoisotopic (exact) mass is 478 g/mol. The summed E-state index contributed by atoms with van der Waals surface area (Å²) >= 11 is 0. The van der Waals surface area contributed by atoms with Gasteiger partial charge in [-0.15, -0.1) is 0 Å². The van der Waals surface area contributed by atoms with Crippen LogP contribution >= 0.6 is 0 Å². The Labute approximate surface area is 201 Å². The summed E-state index contributed by atoms with van der Waals surface area (Å²) in [5.41, 5.74) is -1.04. The Kier molecular flexibility index (Phi) is 7.06. The van der Waals surface area contributed by atoms with Crippen LogP contribution in [0.5, 0.6) is 0 Å². The van der Waals surface area contributed by atoms with Crippen molar-refractivity contribution >= 4 is 23.7 Å². The smallest absolute Gasteiger partial charge is 0.303 e. The van der Waals surface area contributed by atoms with Crippen molar-refractivity contribution in [3.8, 4) is 0 Å². The minimum absolute atomic E-state index is 0.0317. The van der Waals surface area contributed by atoms with Gasteiger partial charge in [0, 0.05) is 56.3 Å². The lowest BCUT2D eigenvalue weighted by Gasteiger charge is -2.61. The molecular formula is C26H38O8. The van der Waals surface area contributed by atoms with Crippen LogP contribution < -0.4 is 0 Å². The van der Waals surface area contributed by atoms with Gasteiger partial charge >= 0.3 is 17.9 Å². The Hall–Kier alpha value is -2.22. The second-order valence-corrected chi connectivity index (χ2v) is 11.2. The largest absolute Gasteiger partial charge is 0.462 e. The third-order valence-electron chi connectivity index (χ3n) is 8.70. The summed E-state index contributed by atoms with van der Waals surface area (Å²) in [6.45, 7) is 15.8. The lowest BCUT2D eigenvalue weighted by Crippen LogP contribution is -2.67. The van der Waals surface area contributed by atoms with Crippen LogP contribution in [0.4, 0.5) is 0 Å². The fraction of sp³-hybridized carbons (Fsp3) is 0.769. The lowest BCUT2D eigenvalue weighted by atomic mass is 9.46. The van der Waals surface area contributed by atoms with E-state index in [1.165, 1.54) is 20.8 Å². The molecule has 3 saturated carbocycles. The molecule has 190 valence electrons. The van der Waals surface area contributed by atoms with E-state index in [1.807, 2.05) is 27.7 Å². The molecule has 0 heterocycles. The van der Waals surface area contributed by atoms with Gasteiger partial charge in [-0.25, -0.2) is 0 Å². The Bertz CT molecular complexity index is 891. The fourth-order valence-electron chi connectivity index (χ4n) is 7.17. The standard InChI is InChI=1S/C26H38O8/c1-12-18(30)9-10-26(8)21(12)22(32-14(3)27)17-11-19(31)13(2)20(25(17,6)7)23(33-15(4)28)24(26)34-16(5)29/h13,17-18,20-24,30H,1,9-11H2,2-8H3. The highest BCUT2D eigenvalue weighted by atomic mass is 16.6. The number of aliphatic hydroxyl groups excluding tert-OH is 1. The SMILES string of the molecule is C=C1C(O)CCC2(C)C(OC(C)=O)C(OC(C)=O)C3C(C)C(=O)CC(C(OC(C)=O)C12)C3(C)C. The molecule has 0 amide bonds. The highest BCUT2D eigenvalue weighted by Gasteiger charge is 2.66. The molecule has 0 aromatic heterocycles. The van der Waals surface area contributed by atoms with Crippen molar-refractivity contribution in [3.63, 3.8) is 0 Å². The number of ketones is 1. The fourth-order valence-corrected chi connectivity index (χ4v) is 7.17. The topological polar surface area (TPSA) is 116 Å². The first-order chi connectivity index (χ1) is 15.6. The van der Waals surface area contributed by atoms with E-state index < -0.39 is 76.8 Å². The number of hydrogen-bond donors (Lipinski definition) is 1. The van der Waals surface area contributed by atoms with E-state index >= 15 is 0 Å². The molecular weight excluding hydrogens is 440 g/mol. The van der Waals surface area contributed by atoms with Crippen LogP contribution in [-0.2, 0) is 33.4 Å². The molecule has 34 heavy (non-hydrogen) atoms. The van der Waals surface area contributed by atoms with E-state index in [2.05, 4.69) is 6.58 Å². The molecule has 8 heteroatoms. The molecule has 0 aromatic rings. The maximum atomic E-state index is 13.3. The molecule has 3 rings (SSSR count). The normalized spacial score (nSPS) is 41.4. The summed E-state index contributed by atoms with van der Waals surface area (Å²) in [6, 6.07) is 0. The second-order valence-electron chi connectivity index (χ2n) is 11.2. The van der Waals surface area contributed by atoms with Crippen molar-refractivity contribution in [2.45, 2.75) is 92.1 Å². The summed E-state index contributed by atoms with van der Waals surface area (Å²) in [6.07, 6.45) is -2.45. The average Bonchev–Trinajstić information content (AvgIpc) is 2.69. The first-order valence-electron chi connectivity index (χ1n) is 12.0. The maximum absolute atomic E-state index is 13.3. The molecule has 2 bridgehead atoms. The molecule has 3 aliphatic carbocycles. The highest BCUT2D eigenvalue weighted by Crippen LogP contribution is 2.61. The summed E-state index contributed by atoms with van der Waals surface area (Å²) < 4.78 is 17.8. The molecule has 9 unspecified atom stereocenters. The number of ether oxygens (including phenoxy) is 3. The van der Waals surface area contributed by atoms with Crippen LogP contribution in [0, 0.1) is 34.5 Å². The van der Waals surface area contributed by atoms with E-state index in [9.17, 15) is 24.3 Å². The van der Waals surface area contributed by atoms with Crippen molar-refractivity contribution in [3.05, 3.63) is 12.2 Å². The van der Waals surface area contributed by atoms with Crippen LogP contribution in [-0.4, -0.2) is 53.2 Å². The first kappa shape index (κ1) is 26.4. The van der Waals surface area contributed by atoms with Gasteiger partial charge in [0.05, 0.1) is 6.10 Å². The lowest BCUT2D eigenvalue weighted by molar-refractivity contribution is -0.234. The third kappa shape index (κ3) is 4.30. The molecule has 0 aromatic carbocycles. The van der Waals surface area contributed by atoms with Crippen molar-refractivity contribution in [1.29, 1.82) is 0 Å².